The van der Waals surface area contributed by atoms with Crippen LogP contribution >= 0.6 is 0 Å². The highest BCUT2D eigenvalue weighted by atomic mass is 16.5. The second kappa shape index (κ2) is 11.9. The van der Waals surface area contributed by atoms with Gasteiger partial charge in [0.15, 0.2) is 11.5 Å². The highest BCUT2D eigenvalue weighted by Crippen LogP contribution is 2.44. The number of aromatic nitrogens is 2. The Labute approximate surface area is 255 Å². The minimum Gasteiger partial charge on any atom is -0.493 e. The van der Waals surface area contributed by atoms with E-state index in [2.05, 4.69) is 9.97 Å². The quantitative estimate of drug-likeness (QED) is 0.128. The van der Waals surface area contributed by atoms with E-state index >= 15 is 0 Å². The molecule has 0 aliphatic carbocycles. The lowest BCUT2D eigenvalue weighted by atomic mass is 9.97. The van der Waals surface area contributed by atoms with E-state index in [-0.39, 0.29) is 18.6 Å². The van der Waals surface area contributed by atoms with Gasteiger partial charge in [0.05, 0.1) is 29.4 Å². The lowest BCUT2D eigenvalue weighted by Gasteiger charge is -2.29. The van der Waals surface area contributed by atoms with Gasteiger partial charge in [0, 0.05) is 30.1 Å². The maximum Gasteiger partial charge on any atom is 0.204 e. The summed E-state index contributed by atoms with van der Waals surface area (Å²) in [6, 6.07) is 14.7. The van der Waals surface area contributed by atoms with Gasteiger partial charge in [0.25, 0.3) is 0 Å². The molecule has 0 spiro atoms. The molecule has 44 heavy (non-hydrogen) atoms. The Morgan fingerprint density at radius 2 is 1.59 bits per heavy atom. The molecule has 0 radical (unpaired) electrons. The van der Waals surface area contributed by atoms with Crippen LogP contribution < -0.4 is 24.4 Å². The Morgan fingerprint density at radius 1 is 0.909 bits per heavy atom. The van der Waals surface area contributed by atoms with Crippen LogP contribution in [0.25, 0.3) is 28.0 Å². The molecule has 1 aliphatic heterocycles. The molecule has 2 aromatic carbocycles. The average molecular weight is 591 g/mol. The van der Waals surface area contributed by atoms with Crippen LogP contribution in [-0.4, -0.2) is 22.7 Å². The average Bonchev–Trinajstić information content (AvgIpc) is 3.01. The lowest BCUT2D eigenvalue weighted by Crippen LogP contribution is -2.27. The van der Waals surface area contributed by atoms with Gasteiger partial charge in [-0.3, -0.25) is 14.8 Å². The van der Waals surface area contributed by atoms with Crippen molar-refractivity contribution in [1.82, 2.24) is 9.97 Å². The molecule has 3 aromatic heterocycles. The first-order chi connectivity index (χ1) is 21.2. The molecule has 8 heteroatoms. The van der Waals surface area contributed by atoms with Crippen LogP contribution in [0.3, 0.4) is 0 Å². The van der Waals surface area contributed by atoms with Crippen molar-refractivity contribution in [3.05, 3.63) is 111 Å². The summed E-state index contributed by atoms with van der Waals surface area (Å²) in [6.45, 7) is 8.34. The van der Waals surface area contributed by atoms with Gasteiger partial charge >= 0.3 is 0 Å². The standard InChI is InChI=1S/C36H34N2O6/c1-22(2)12-13-26-31-28(19-30(34(26)40-5)41-20-23-10-6-8-16-37-23)43-29-18-27-25(14-15-36(3,4)44-27)35(32(29)33(31)39)42-21-24-11-7-9-17-38-24/h6-12,14-19H,13,20-21H2,1-5H3. The molecule has 5 aromatic rings. The van der Waals surface area contributed by atoms with Gasteiger partial charge in [0.1, 0.15) is 46.9 Å². The topological polar surface area (TPSA) is 92.9 Å². The maximum atomic E-state index is 14.6. The van der Waals surface area contributed by atoms with Gasteiger partial charge in [-0.2, -0.15) is 0 Å². The Kier molecular flexibility index (Phi) is 7.82. The van der Waals surface area contributed by atoms with Gasteiger partial charge < -0.3 is 23.4 Å². The van der Waals surface area contributed by atoms with Crippen molar-refractivity contribution < 1.29 is 23.4 Å². The van der Waals surface area contributed by atoms with Crippen molar-refractivity contribution in [1.29, 1.82) is 0 Å². The second-order valence-electron chi connectivity index (χ2n) is 11.4. The monoisotopic (exact) mass is 590 g/mol. The van der Waals surface area contributed by atoms with Crippen molar-refractivity contribution >= 4 is 28.0 Å². The third-order valence-electron chi connectivity index (χ3n) is 7.36. The van der Waals surface area contributed by atoms with Crippen LogP contribution in [0, 0.1) is 0 Å². The molecular formula is C36H34N2O6. The third kappa shape index (κ3) is 5.75. The van der Waals surface area contributed by atoms with E-state index < -0.39 is 5.60 Å². The zero-order chi connectivity index (χ0) is 30.8. The van der Waals surface area contributed by atoms with Gasteiger partial charge in [-0.1, -0.05) is 23.8 Å². The maximum absolute atomic E-state index is 14.6. The molecule has 0 amide bonds. The van der Waals surface area contributed by atoms with E-state index in [4.69, 9.17) is 23.4 Å². The van der Waals surface area contributed by atoms with Crippen LogP contribution in [-0.2, 0) is 19.6 Å². The molecule has 0 bridgehead atoms. The van der Waals surface area contributed by atoms with E-state index in [1.54, 1.807) is 31.6 Å². The molecule has 0 atom stereocenters. The molecule has 4 heterocycles. The summed E-state index contributed by atoms with van der Waals surface area (Å²) in [5, 5.41) is 0.725. The molecule has 1 aliphatic rings. The van der Waals surface area contributed by atoms with Crippen LogP contribution in [0.2, 0.25) is 0 Å². The number of benzene rings is 2. The van der Waals surface area contributed by atoms with Crippen LogP contribution in [0.4, 0.5) is 0 Å². The zero-order valence-electron chi connectivity index (χ0n) is 25.5. The molecule has 8 nitrogen and oxygen atoms in total. The first-order valence-corrected chi connectivity index (χ1v) is 14.5. The number of nitrogens with zero attached hydrogens (tertiary/aromatic N) is 2. The fourth-order valence-corrected chi connectivity index (χ4v) is 5.25. The first-order valence-electron chi connectivity index (χ1n) is 14.5. The fourth-order valence-electron chi connectivity index (χ4n) is 5.25. The smallest absolute Gasteiger partial charge is 0.204 e. The SMILES string of the molecule is COc1c(OCc2ccccn2)cc2oc3cc4c(c(OCc5ccccn5)c3c(=O)c2c1CC=C(C)C)C=CC(C)(C)O4. The number of hydrogen-bond donors (Lipinski definition) is 0. The summed E-state index contributed by atoms with van der Waals surface area (Å²) in [5.41, 5.74) is 3.86. The summed E-state index contributed by atoms with van der Waals surface area (Å²) < 4.78 is 31.3. The molecule has 0 unspecified atom stereocenters. The summed E-state index contributed by atoms with van der Waals surface area (Å²) >= 11 is 0. The highest BCUT2D eigenvalue weighted by Gasteiger charge is 2.29. The number of methoxy groups -OCH3 is 1. The minimum atomic E-state index is -0.548. The molecular weight excluding hydrogens is 556 g/mol. The Hall–Kier alpha value is -5.11. The van der Waals surface area contributed by atoms with Crippen molar-refractivity contribution in [3.63, 3.8) is 0 Å². The first kappa shape index (κ1) is 29.0. The fraction of sp³-hybridized carbons (Fsp3) is 0.250. The molecule has 0 N–H and O–H groups in total. The molecule has 0 saturated heterocycles. The largest absolute Gasteiger partial charge is 0.493 e. The Morgan fingerprint density at radius 3 is 2.23 bits per heavy atom. The van der Waals surface area contributed by atoms with Crippen molar-refractivity contribution in [3.8, 4) is 23.0 Å². The predicted octanol–water partition coefficient (Wildman–Crippen LogP) is 7.60. The molecule has 0 saturated carbocycles. The number of pyridine rings is 2. The predicted molar refractivity (Wildman–Crippen MR) is 171 cm³/mol. The number of ether oxygens (including phenoxy) is 4. The van der Waals surface area contributed by atoms with Crippen molar-refractivity contribution in [2.75, 3.05) is 7.11 Å². The Bertz CT molecular complexity index is 1960. The number of hydrogen-bond acceptors (Lipinski definition) is 8. The molecule has 224 valence electrons. The third-order valence-corrected chi connectivity index (χ3v) is 7.36. The van der Waals surface area contributed by atoms with E-state index in [1.807, 2.05) is 82.3 Å². The van der Waals surface area contributed by atoms with Gasteiger partial charge in [0.2, 0.25) is 5.43 Å². The second-order valence-corrected chi connectivity index (χ2v) is 11.4. The Balaban J connectivity index is 1.59. The van der Waals surface area contributed by atoms with E-state index in [9.17, 15) is 4.79 Å². The van der Waals surface area contributed by atoms with Crippen LogP contribution in [0.1, 0.15) is 50.2 Å². The summed E-state index contributed by atoms with van der Waals surface area (Å²) in [6.07, 6.45) is 9.80. The summed E-state index contributed by atoms with van der Waals surface area (Å²) in [5.74, 6) is 1.87. The number of fused-ring (bicyclic) bond motifs is 3. The van der Waals surface area contributed by atoms with E-state index in [0.29, 0.717) is 62.5 Å². The van der Waals surface area contributed by atoms with Gasteiger partial charge in [-0.05, 0) is 70.5 Å². The van der Waals surface area contributed by atoms with Crippen molar-refractivity contribution in [2.45, 2.75) is 52.9 Å². The van der Waals surface area contributed by atoms with Gasteiger partial charge in [-0.15, -0.1) is 0 Å². The van der Waals surface area contributed by atoms with Crippen LogP contribution in [0.15, 0.2) is 87.9 Å². The summed E-state index contributed by atoms with van der Waals surface area (Å²) in [4.78, 5) is 23.4. The lowest BCUT2D eigenvalue weighted by molar-refractivity contribution is 0.158. The summed E-state index contributed by atoms with van der Waals surface area (Å²) in [7, 11) is 1.57. The highest BCUT2D eigenvalue weighted by molar-refractivity contribution is 5.99. The zero-order valence-corrected chi connectivity index (χ0v) is 25.5. The number of rotatable bonds is 9. The number of allylic oxidation sites excluding steroid dienone is 2. The normalized spacial score (nSPS) is 13.3. The van der Waals surface area contributed by atoms with E-state index in [1.165, 1.54) is 0 Å². The minimum absolute atomic E-state index is 0.162. The van der Waals surface area contributed by atoms with Crippen LogP contribution in [0.5, 0.6) is 23.0 Å². The molecule has 0 fully saturated rings. The van der Waals surface area contributed by atoms with Gasteiger partial charge in [-0.25, -0.2) is 0 Å². The molecule has 6 rings (SSSR count). The van der Waals surface area contributed by atoms with E-state index in [0.717, 1.165) is 17.0 Å². The van der Waals surface area contributed by atoms with Crippen molar-refractivity contribution in [2.24, 2.45) is 0 Å².